The Hall–Kier alpha value is -2.16. The summed E-state index contributed by atoms with van der Waals surface area (Å²) in [6, 6.07) is 10.3. The van der Waals surface area contributed by atoms with Crippen LogP contribution in [0.1, 0.15) is 27.0 Å². The van der Waals surface area contributed by atoms with E-state index in [1.54, 1.807) is 18.2 Å². The zero-order valence-corrected chi connectivity index (χ0v) is 11.3. The Morgan fingerprint density at radius 1 is 1.00 bits per heavy atom. The highest BCUT2D eigenvalue weighted by Crippen LogP contribution is 2.20. The first-order valence-corrected chi connectivity index (χ1v) is 6.13. The smallest absolute Gasteiger partial charge is 0.256 e. The first kappa shape index (κ1) is 13.3. The van der Waals surface area contributed by atoms with E-state index >= 15 is 0 Å². The van der Waals surface area contributed by atoms with Crippen LogP contribution in [0.4, 0.5) is 10.1 Å². The van der Waals surface area contributed by atoms with E-state index < -0.39 is 5.82 Å². The number of hydrogen-bond donors (Lipinski definition) is 1. The summed E-state index contributed by atoms with van der Waals surface area (Å²) in [6.45, 7) is 5.58. The molecular weight excluding hydrogens is 241 g/mol. The lowest BCUT2D eigenvalue weighted by molar-refractivity contribution is 0.102. The van der Waals surface area contributed by atoms with Crippen molar-refractivity contribution in [2.45, 2.75) is 20.8 Å². The second-order valence-electron chi connectivity index (χ2n) is 4.69. The predicted octanol–water partition coefficient (Wildman–Crippen LogP) is 4.00. The van der Waals surface area contributed by atoms with E-state index in [0.717, 1.165) is 16.7 Å². The molecule has 1 N–H and O–H groups in total. The topological polar surface area (TPSA) is 29.1 Å². The van der Waals surface area contributed by atoms with Crippen LogP contribution >= 0.6 is 0 Å². The molecule has 0 atom stereocenters. The van der Waals surface area contributed by atoms with Gasteiger partial charge in [-0.05, 0) is 55.7 Å². The fourth-order valence-corrected chi connectivity index (χ4v) is 1.89. The van der Waals surface area contributed by atoms with Gasteiger partial charge in [-0.1, -0.05) is 18.2 Å². The number of rotatable bonds is 2. The van der Waals surface area contributed by atoms with E-state index in [1.165, 1.54) is 6.07 Å². The third-order valence-corrected chi connectivity index (χ3v) is 3.22. The maximum Gasteiger partial charge on any atom is 0.256 e. The lowest BCUT2D eigenvalue weighted by atomic mass is 10.1. The molecule has 19 heavy (non-hydrogen) atoms. The number of anilines is 1. The van der Waals surface area contributed by atoms with Crippen LogP contribution < -0.4 is 5.32 Å². The second-order valence-corrected chi connectivity index (χ2v) is 4.69. The highest BCUT2D eigenvalue weighted by atomic mass is 19.1. The molecule has 0 radical (unpaired) electrons. The van der Waals surface area contributed by atoms with Crippen molar-refractivity contribution in [1.82, 2.24) is 0 Å². The molecule has 0 unspecified atom stereocenters. The number of benzene rings is 2. The third kappa shape index (κ3) is 2.81. The van der Waals surface area contributed by atoms with Crippen molar-refractivity contribution in [3.8, 4) is 0 Å². The molecule has 2 aromatic carbocycles. The molecule has 1 amide bonds. The van der Waals surface area contributed by atoms with Crippen molar-refractivity contribution < 1.29 is 9.18 Å². The highest BCUT2D eigenvalue weighted by Gasteiger charge is 2.12. The number of halogens is 1. The van der Waals surface area contributed by atoms with E-state index in [4.69, 9.17) is 0 Å². The van der Waals surface area contributed by atoms with Gasteiger partial charge in [0, 0.05) is 5.56 Å². The van der Waals surface area contributed by atoms with Gasteiger partial charge in [-0.3, -0.25) is 4.79 Å². The van der Waals surface area contributed by atoms with Crippen LogP contribution in [0, 0.1) is 26.6 Å². The third-order valence-electron chi connectivity index (χ3n) is 3.22. The monoisotopic (exact) mass is 257 g/mol. The van der Waals surface area contributed by atoms with Gasteiger partial charge >= 0.3 is 0 Å². The van der Waals surface area contributed by atoms with Crippen molar-refractivity contribution in [2.24, 2.45) is 0 Å². The summed E-state index contributed by atoms with van der Waals surface area (Å²) in [5.74, 6) is -0.703. The first-order valence-electron chi connectivity index (χ1n) is 6.13. The number of carbonyl (C=O) groups is 1. The molecule has 0 aliphatic rings. The Morgan fingerprint density at radius 2 is 1.63 bits per heavy atom. The maximum absolute atomic E-state index is 13.8. The summed E-state index contributed by atoms with van der Waals surface area (Å²) < 4.78 is 13.8. The molecule has 2 nitrogen and oxygen atoms in total. The molecule has 98 valence electrons. The van der Waals surface area contributed by atoms with Crippen molar-refractivity contribution in [1.29, 1.82) is 0 Å². The van der Waals surface area contributed by atoms with Crippen molar-refractivity contribution >= 4 is 11.6 Å². The van der Waals surface area contributed by atoms with Gasteiger partial charge in [-0.15, -0.1) is 0 Å². The molecular formula is C16H16FNO. The van der Waals surface area contributed by atoms with Crippen molar-refractivity contribution in [2.75, 3.05) is 5.32 Å². The quantitative estimate of drug-likeness (QED) is 0.865. The van der Waals surface area contributed by atoms with Crippen LogP contribution in [-0.2, 0) is 0 Å². The van der Waals surface area contributed by atoms with E-state index in [9.17, 15) is 9.18 Å². The molecule has 0 saturated carbocycles. The normalized spacial score (nSPS) is 10.3. The van der Waals surface area contributed by atoms with Crippen LogP contribution in [-0.4, -0.2) is 5.91 Å². The van der Waals surface area contributed by atoms with E-state index in [-0.39, 0.29) is 11.6 Å². The van der Waals surface area contributed by atoms with Crippen LogP contribution in [0.5, 0.6) is 0 Å². The molecule has 3 heteroatoms. The van der Waals surface area contributed by atoms with E-state index in [0.29, 0.717) is 5.56 Å². The summed E-state index contributed by atoms with van der Waals surface area (Å²) in [6.07, 6.45) is 0. The number of nitrogens with one attached hydrogen (secondary N) is 1. The average Bonchev–Trinajstić information content (AvgIpc) is 2.36. The standard InChI is InChI=1S/C16H16FNO/c1-10-6-4-5-7-13(10)16(19)18-15-9-12(3)11(2)8-14(15)17/h4-9H,1-3H3,(H,18,19). The van der Waals surface area contributed by atoms with E-state index in [1.807, 2.05) is 32.9 Å². The molecule has 0 spiro atoms. The lowest BCUT2D eigenvalue weighted by Crippen LogP contribution is -2.14. The number of hydrogen-bond acceptors (Lipinski definition) is 1. The Labute approximate surface area is 112 Å². The number of aryl methyl sites for hydroxylation is 3. The summed E-state index contributed by atoms with van der Waals surface area (Å²) >= 11 is 0. The van der Waals surface area contributed by atoms with Gasteiger partial charge < -0.3 is 5.32 Å². The van der Waals surface area contributed by atoms with Gasteiger partial charge in [0.15, 0.2) is 0 Å². The molecule has 0 bridgehead atoms. The summed E-state index contributed by atoms with van der Waals surface area (Å²) in [4.78, 5) is 12.1. The van der Waals surface area contributed by atoms with Crippen LogP contribution in [0.3, 0.4) is 0 Å². The molecule has 2 aromatic rings. The Kier molecular flexibility index (Phi) is 3.65. The molecule has 0 saturated heterocycles. The van der Waals surface area contributed by atoms with Crippen LogP contribution in [0.25, 0.3) is 0 Å². The molecule has 0 heterocycles. The van der Waals surface area contributed by atoms with Crippen LogP contribution in [0.15, 0.2) is 36.4 Å². The molecule has 0 aliphatic heterocycles. The Balaban J connectivity index is 2.30. The average molecular weight is 257 g/mol. The summed E-state index contributed by atoms with van der Waals surface area (Å²) in [5, 5.41) is 2.62. The molecule has 0 aliphatic carbocycles. The zero-order valence-electron chi connectivity index (χ0n) is 11.3. The minimum absolute atomic E-state index is 0.219. The highest BCUT2D eigenvalue weighted by molar-refractivity contribution is 6.05. The predicted molar refractivity (Wildman–Crippen MR) is 75.0 cm³/mol. The van der Waals surface area contributed by atoms with Crippen molar-refractivity contribution in [3.05, 3.63) is 64.5 Å². The van der Waals surface area contributed by atoms with Gasteiger partial charge in [-0.25, -0.2) is 4.39 Å². The lowest BCUT2D eigenvalue weighted by Gasteiger charge is -2.10. The SMILES string of the molecule is Cc1cc(F)c(NC(=O)c2ccccc2C)cc1C. The van der Waals surface area contributed by atoms with Gasteiger partial charge in [-0.2, -0.15) is 0 Å². The second kappa shape index (κ2) is 5.22. The zero-order chi connectivity index (χ0) is 14.0. The fourth-order valence-electron chi connectivity index (χ4n) is 1.89. The molecule has 0 aromatic heterocycles. The van der Waals surface area contributed by atoms with Gasteiger partial charge in [0.25, 0.3) is 5.91 Å². The van der Waals surface area contributed by atoms with Crippen molar-refractivity contribution in [3.63, 3.8) is 0 Å². The minimum Gasteiger partial charge on any atom is -0.319 e. The summed E-state index contributed by atoms with van der Waals surface area (Å²) in [7, 11) is 0. The molecule has 0 fully saturated rings. The summed E-state index contributed by atoms with van der Waals surface area (Å²) in [5.41, 5.74) is 3.45. The van der Waals surface area contributed by atoms with Gasteiger partial charge in [0.05, 0.1) is 5.69 Å². The largest absolute Gasteiger partial charge is 0.319 e. The Morgan fingerprint density at radius 3 is 2.32 bits per heavy atom. The van der Waals surface area contributed by atoms with Gasteiger partial charge in [0.1, 0.15) is 5.82 Å². The Bertz CT molecular complexity index is 635. The van der Waals surface area contributed by atoms with E-state index in [2.05, 4.69) is 5.32 Å². The van der Waals surface area contributed by atoms with Gasteiger partial charge in [0.2, 0.25) is 0 Å². The number of carbonyl (C=O) groups excluding carboxylic acids is 1. The maximum atomic E-state index is 13.8. The first-order chi connectivity index (χ1) is 8.99. The minimum atomic E-state index is -0.412. The fraction of sp³-hybridized carbons (Fsp3) is 0.188. The molecule has 2 rings (SSSR count). The van der Waals surface area contributed by atoms with Crippen LogP contribution in [0.2, 0.25) is 0 Å². The number of amides is 1.